The van der Waals surface area contributed by atoms with Crippen LogP contribution in [0.25, 0.3) is 187 Å². The molecule has 0 atom stereocenters. The Balaban J connectivity index is 0.641. The number of rotatable bonds is 7. The number of nitrogens with zero attached hydrogens (tertiary/aromatic N) is 4. The zero-order chi connectivity index (χ0) is 58.7. The molecule has 6 heteroatoms. The molecule has 0 saturated carbocycles. The summed E-state index contributed by atoms with van der Waals surface area (Å²) in [6.45, 7) is 0. The van der Waals surface area contributed by atoms with E-state index in [4.69, 9.17) is 8.83 Å². The van der Waals surface area contributed by atoms with E-state index < -0.39 is 0 Å². The topological polar surface area (TPSA) is 46.0 Å². The second kappa shape index (κ2) is 18.7. The van der Waals surface area contributed by atoms with Crippen molar-refractivity contribution in [3.63, 3.8) is 0 Å². The lowest BCUT2D eigenvalue weighted by Crippen LogP contribution is -1.96. The summed E-state index contributed by atoms with van der Waals surface area (Å²) in [4.78, 5) is 0. The summed E-state index contributed by atoms with van der Waals surface area (Å²) in [5.74, 6) is 0. The lowest BCUT2D eigenvalue weighted by atomic mass is 9.99. The summed E-state index contributed by atoms with van der Waals surface area (Å²) in [7, 11) is 0. The summed E-state index contributed by atoms with van der Waals surface area (Å²) in [6, 6.07) is 110. The van der Waals surface area contributed by atoms with Crippen LogP contribution < -0.4 is 0 Å². The van der Waals surface area contributed by atoms with Gasteiger partial charge in [-0.2, -0.15) is 0 Å². The number of furan rings is 2. The number of hydrogen-bond acceptors (Lipinski definition) is 2. The summed E-state index contributed by atoms with van der Waals surface area (Å²) < 4.78 is 23.2. The molecule has 0 unspecified atom stereocenters. The molecule has 0 fully saturated rings. The number of benzene rings is 14. The lowest BCUT2D eigenvalue weighted by molar-refractivity contribution is 0.669. The molecule has 0 N–H and O–H groups in total. The maximum atomic E-state index is 6.99. The van der Waals surface area contributed by atoms with E-state index in [-0.39, 0.29) is 0 Å². The summed E-state index contributed by atoms with van der Waals surface area (Å²) in [6.07, 6.45) is 0. The average molecular weight is 1150 g/mol. The van der Waals surface area contributed by atoms with E-state index in [1.54, 1.807) is 0 Å². The fraction of sp³-hybridized carbons (Fsp3) is 0. The largest absolute Gasteiger partial charge is 0.456 e. The minimum Gasteiger partial charge on any atom is -0.456 e. The molecule has 0 amide bonds. The summed E-state index contributed by atoms with van der Waals surface area (Å²) in [5.41, 5.74) is 23.9. The van der Waals surface area contributed by atoms with Crippen molar-refractivity contribution in [1.82, 2.24) is 18.3 Å². The molecule has 6 nitrogen and oxygen atoms in total. The van der Waals surface area contributed by atoms with Crippen LogP contribution in [0.4, 0.5) is 0 Å². The van der Waals surface area contributed by atoms with Gasteiger partial charge < -0.3 is 27.1 Å². The van der Waals surface area contributed by atoms with Crippen molar-refractivity contribution in [3.05, 3.63) is 303 Å². The monoisotopic (exact) mass is 1150 g/mol. The molecule has 0 bridgehead atoms. The Morgan fingerprint density at radius 1 is 0.178 bits per heavy atom. The molecule has 20 aromatic rings. The SMILES string of the molecule is c1cc(-c2ccc3oc4ccc(-c5ccc6c(c5)oc5c(-c7cccc(-n8c9ccccc9c9cc(-n%10c%11ccccc%11c%11ccccc%11%10)ccc98)c7)cccc56)cc4c3c2)cc(-n2c3ccccc3c3cc(-n4c5ccccc5c5ccccc54)ccc32)c1. The second-order valence-corrected chi connectivity index (χ2v) is 24.0. The normalized spacial score (nSPS) is 12.2. The maximum absolute atomic E-state index is 6.99. The van der Waals surface area contributed by atoms with E-state index >= 15 is 0 Å². The molecule has 0 aliphatic heterocycles. The molecule has 6 aromatic heterocycles. The smallest absolute Gasteiger partial charge is 0.143 e. The molecule has 0 aliphatic rings. The Bertz CT molecular complexity index is 6330. The number of hydrogen-bond donors (Lipinski definition) is 0. The van der Waals surface area contributed by atoms with Gasteiger partial charge in [0, 0.05) is 92.9 Å². The highest BCUT2D eigenvalue weighted by atomic mass is 16.3. The molecule has 6 heterocycles. The highest BCUT2D eigenvalue weighted by Crippen LogP contribution is 2.44. The minimum absolute atomic E-state index is 0.846. The molecule has 418 valence electrons. The third kappa shape index (κ3) is 7.09. The van der Waals surface area contributed by atoms with Crippen molar-refractivity contribution in [2.45, 2.75) is 0 Å². The average Bonchev–Trinajstić information content (AvgIpc) is 1.73. The van der Waals surface area contributed by atoms with Crippen LogP contribution >= 0.6 is 0 Å². The van der Waals surface area contributed by atoms with E-state index in [1.807, 2.05) is 0 Å². The highest BCUT2D eigenvalue weighted by molar-refractivity contribution is 6.16. The van der Waals surface area contributed by atoms with Gasteiger partial charge in [0.1, 0.15) is 22.3 Å². The van der Waals surface area contributed by atoms with Gasteiger partial charge in [-0.1, -0.05) is 170 Å². The van der Waals surface area contributed by atoms with Gasteiger partial charge in [0.15, 0.2) is 0 Å². The van der Waals surface area contributed by atoms with Gasteiger partial charge in [0.2, 0.25) is 0 Å². The first-order valence-electron chi connectivity index (χ1n) is 30.8. The van der Waals surface area contributed by atoms with Crippen LogP contribution in [-0.2, 0) is 0 Å². The van der Waals surface area contributed by atoms with Gasteiger partial charge in [-0.3, -0.25) is 0 Å². The van der Waals surface area contributed by atoms with Gasteiger partial charge in [-0.25, -0.2) is 0 Å². The van der Waals surface area contributed by atoms with Gasteiger partial charge in [-0.15, -0.1) is 0 Å². The van der Waals surface area contributed by atoms with Gasteiger partial charge in [-0.05, 0) is 161 Å². The molecular weight excluding hydrogens is 1100 g/mol. The molecule has 0 aliphatic carbocycles. The molecule has 14 aromatic carbocycles. The van der Waals surface area contributed by atoms with Crippen LogP contribution in [0.15, 0.2) is 312 Å². The van der Waals surface area contributed by atoms with Crippen molar-refractivity contribution in [2.24, 2.45) is 0 Å². The third-order valence-electron chi connectivity index (χ3n) is 19.1. The first-order valence-corrected chi connectivity index (χ1v) is 30.8. The van der Waals surface area contributed by atoms with Crippen molar-refractivity contribution < 1.29 is 8.83 Å². The van der Waals surface area contributed by atoms with Crippen LogP contribution in [0.2, 0.25) is 0 Å². The quantitative estimate of drug-likeness (QED) is 0.160. The van der Waals surface area contributed by atoms with Crippen molar-refractivity contribution in [3.8, 4) is 56.1 Å². The minimum atomic E-state index is 0.846. The van der Waals surface area contributed by atoms with Crippen molar-refractivity contribution >= 4 is 131 Å². The standard InChI is InChI=1S/C84H50N4O2/c1-7-28-73-61(20-1)62-21-2-8-29-74(62)87(73)58-37-40-79-69(49-58)65-24-5-11-32-77(65)85(79)56-18-13-16-51(44-56)52-35-42-81-71(46-52)72-47-53(36-43-82(72)89-81)54-34-39-67-68-27-15-26-60(84(68)90-83(67)48-54)55-17-14-19-57(45-55)86-78-33-12-6-25-66(78)70-50-59(38-41-80(70)86)88-75-30-9-3-22-63(75)64-23-4-10-31-76(64)88/h1-50H. The first-order chi connectivity index (χ1) is 44.6. The molecule has 0 radical (unpaired) electrons. The van der Waals surface area contributed by atoms with Crippen LogP contribution in [0.3, 0.4) is 0 Å². The summed E-state index contributed by atoms with van der Waals surface area (Å²) >= 11 is 0. The predicted molar refractivity (Wildman–Crippen MR) is 375 cm³/mol. The fourth-order valence-corrected chi connectivity index (χ4v) is 15.1. The zero-order valence-electron chi connectivity index (χ0n) is 48.5. The molecule has 0 spiro atoms. The van der Waals surface area contributed by atoms with Crippen LogP contribution in [0.1, 0.15) is 0 Å². The Kier molecular flexibility index (Phi) is 10.2. The molecular formula is C84H50N4O2. The number of fused-ring (bicyclic) bond motifs is 18. The van der Waals surface area contributed by atoms with E-state index in [2.05, 4.69) is 322 Å². The van der Waals surface area contributed by atoms with E-state index in [1.165, 1.54) is 70.7 Å². The first kappa shape index (κ1) is 49.0. The molecule has 0 saturated heterocycles. The maximum Gasteiger partial charge on any atom is 0.143 e. The third-order valence-corrected chi connectivity index (χ3v) is 19.1. The van der Waals surface area contributed by atoms with Crippen LogP contribution in [-0.4, -0.2) is 18.3 Å². The van der Waals surface area contributed by atoms with E-state index in [0.717, 1.165) is 117 Å². The second-order valence-electron chi connectivity index (χ2n) is 24.0. The van der Waals surface area contributed by atoms with Gasteiger partial charge in [0.25, 0.3) is 0 Å². The van der Waals surface area contributed by atoms with Gasteiger partial charge in [0.05, 0.1) is 44.1 Å². The zero-order valence-corrected chi connectivity index (χ0v) is 48.5. The Hall–Kier alpha value is -12.1. The Labute approximate surface area is 514 Å². The van der Waals surface area contributed by atoms with Crippen molar-refractivity contribution in [1.29, 1.82) is 0 Å². The Morgan fingerprint density at radius 3 is 1.01 bits per heavy atom. The van der Waals surface area contributed by atoms with Crippen LogP contribution in [0, 0.1) is 0 Å². The molecule has 20 rings (SSSR count). The lowest BCUT2D eigenvalue weighted by Gasteiger charge is -2.12. The predicted octanol–water partition coefficient (Wildman–Crippen LogP) is 22.9. The van der Waals surface area contributed by atoms with Crippen LogP contribution in [0.5, 0.6) is 0 Å². The number of aromatic nitrogens is 4. The fourth-order valence-electron chi connectivity index (χ4n) is 15.1. The van der Waals surface area contributed by atoms with Gasteiger partial charge >= 0.3 is 0 Å². The van der Waals surface area contributed by atoms with E-state index in [0.29, 0.717) is 0 Å². The highest BCUT2D eigenvalue weighted by Gasteiger charge is 2.21. The van der Waals surface area contributed by atoms with Crippen molar-refractivity contribution in [2.75, 3.05) is 0 Å². The van der Waals surface area contributed by atoms with E-state index in [9.17, 15) is 0 Å². The number of para-hydroxylation sites is 7. The summed E-state index contributed by atoms with van der Waals surface area (Å²) in [5, 5.41) is 14.2. The Morgan fingerprint density at radius 2 is 0.533 bits per heavy atom. The molecule has 90 heavy (non-hydrogen) atoms.